The summed E-state index contributed by atoms with van der Waals surface area (Å²) in [6.45, 7) is 5.79. The maximum Gasteiger partial charge on any atom is 0.225 e. The van der Waals surface area contributed by atoms with E-state index < -0.39 is 0 Å². The zero-order chi connectivity index (χ0) is 19.9. The van der Waals surface area contributed by atoms with Crippen LogP contribution in [0.5, 0.6) is 0 Å². The molecule has 1 aromatic carbocycles. The minimum Gasteiger partial charge on any atom is -0.370 e. The van der Waals surface area contributed by atoms with Crippen LogP contribution >= 0.6 is 24.0 Å². The molecule has 30 heavy (non-hydrogen) atoms. The Morgan fingerprint density at radius 2 is 1.80 bits per heavy atom. The molecule has 8 heteroatoms. The van der Waals surface area contributed by atoms with Gasteiger partial charge in [-0.1, -0.05) is 12.1 Å². The second-order valence-corrected chi connectivity index (χ2v) is 7.77. The molecule has 0 amide bonds. The van der Waals surface area contributed by atoms with Crippen LogP contribution in [0, 0.1) is 0 Å². The van der Waals surface area contributed by atoms with Crippen LogP contribution in [-0.4, -0.2) is 60.1 Å². The molecular formula is C22H32IN7. The summed E-state index contributed by atoms with van der Waals surface area (Å²) in [5.41, 5.74) is 10.1. The van der Waals surface area contributed by atoms with Crippen molar-refractivity contribution in [3.63, 3.8) is 0 Å². The fourth-order valence-corrected chi connectivity index (χ4v) is 4.20. The highest BCUT2D eigenvalue weighted by molar-refractivity contribution is 14.0. The van der Waals surface area contributed by atoms with E-state index in [0.717, 1.165) is 63.7 Å². The van der Waals surface area contributed by atoms with E-state index in [-0.39, 0.29) is 24.0 Å². The largest absolute Gasteiger partial charge is 0.370 e. The highest BCUT2D eigenvalue weighted by Gasteiger charge is 2.18. The van der Waals surface area contributed by atoms with E-state index in [4.69, 9.17) is 5.73 Å². The maximum absolute atomic E-state index is 6.15. The fourth-order valence-electron chi connectivity index (χ4n) is 4.20. The lowest BCUT2D eigenvalue weighted by Crippen LogP contribution is -2.47. The van der Waals surface area contributed by atoms with Gasteiger partial charge < -0.3 is 16.0 Å². The van der Waals surface area contributed by atoms with Crippen LogP contribution in [0.4, 0.5) is 11.6 Å². The minimum absolute atomic E-state index is 0. The highest BCUT2D eigenvalue weighted by atomic mass is 127. The van der Waals surface area contributed by atoms with Crippen LogP contribution in [-0.2, 0) is 12.8 Å². The molecular weight excluding hydrogens is 489 g/mol. The van der Waals surface area contributed by atoms with E-state index in [1.165, 1.54) is 30.4 Å². The van der Waals surface area contributed by atoms with Crippen molar-refractivity contribution in [2.24, 2.45) is 10.7 Å². The molecule has 0 atom stereocenters. The number of hydrogen-bond donors (Lipinski definition) is 2. The molecule has 0 bridgehead atoms. The number of benzene rings is 1. The van der Waals surface area contributed by atoms with Crippen molar-refractivity contribution in [3.05, 3.63) is 47.8 Å². The van der Waals surface area contributed by atoms with Crippen LogP contribution in [0.2, 0.25) is 0 Å². The van der Waals surface area contributed by atoms with E-state index in [1.54, 1.807) is 12.4 Å². The average molecular weight is 521 g/mol. The Balaban J connectivity index is 0.00000256. The van der Waals surface area contributed by atoms with E-state index in [1.807, 2.05) is 6.07 Å². The van der Waals surface area contributed by atoms with Crippen LogP contribution in [0.3, 0.4) is 0 Å². The molecule has 162 valence electrons. The quantitative estimate of drug-likeness (QED) is 0.263. The first-order valence-electron chi connectivity index (χ1n) is 10.7. The Kier molecular flexibility index (Phi) is 8.68. The summed E-state index contributed by atoms with van der Waals surface area (Å²) < 4.78 is 0. The van der Waals surface area contributed by atoms with Gasteiger partial charge in [0.15, 0.2) is 5.96 Å². The number of guanidine groups is 1. The number of hydrogen-bond acceptors (Lipinski definition) is 5. The molecule has 1 aromatic heterocycles. The van der Waals surface area contributed by atoms with Crippen LogP contribution in [0.25, 0.3) is 0 Å². The number of aromatic nitrogens is 2. The van der Waals surface area contributed by atoms with Gasteiger partial charge in [-0.15, -0.1) is 24.0 Å². The van der Waals surface area contributed by atoms with Crippen LogP contribution < -0.4 is 16.0 Å². The van der Waals surface area contributed by atoms with Gasteiger partial charge in [0, 0.05) is 57.3 Å². The van der Waals surface area contributed by atoms with Gasteiger partial charge >= 0.3 is 0 Å². The zero-order valence-corrected chi connectivity index (χ0v) is 19.8. The number of halogens is 1. The van der Waals surface area contributed by atoms with Gasteiger partial charge in [0.1, 0.15) is 0 Å². The Labute approximate surface area is 196 Å². The first-order chi connectivity index (χ1) is 14.3. The highest BCUT2D eigenvalue weighted by Crippen LogP contribution is 2.27. The standard InChI is InChI=1S/C22H31N7.HI/c23-21(27-20-9-3-7-18-6-1-2-8-19(18)20)24-12-5-13-28-14-16-29(17-15-28)22-25-10-4-11-26-22;/h3-4,7,9-11H,1-2,5-6,8,12-17H2,(H3,23,24,27);1H. The van der Waals surface area contributed by atoms with Gasteiger partial charge in [0.05, 0.1) is 0 Å². The first-order valence-corrected chi connectivity index (χ1v) is 10.7. The predicted molar refractivity (Wildman–Crippen MR) is 134 cm³/mol. The predicted octanol–water partition coefficient (Wildman–Crippen LogP) is 2.91. The second kappa shape index (κ2) is 11.5. The Hall–Kier alpha value is -1.94. The van der Waals surface area contributed by atoms with Gasteiger partial charge in [0.2, 0.25) is 5.95 Å². The SMILES string of the molecule is I.NC(=NCCCN1CCN(c2ncccn2)CC1)Nc1cccc2c1CCCC2. The molecule has 0 saturated carbocycles. The number of rotatable bonds is 6. The number of fused-ring (bicyclic) bond motifs is 1. The third-order valence-corrected chi connectivity index (χ3v) is 5.78. The van der Waals surface area contributed by atoms with Crippen molar-refractivity contribution in [3.8, 4) is 0 Å². The summed E-state index contributed by atoms with van der Waals surface area (Å²) in [5, 5.41) is 3.33. The Morgan fingerprint density at radius 3 is 2.60 bits per heavy atom. The maximum atomic E-state index is 6.15. The monoisotopic (exact) mass is 521 g/mol. The molecule has 1 aliphatic heterocycles. The fraction of sp³-hybridized carbons (Fsp3) is 0.500. The topological polar surface area (TPSA) is 82.7 Å². The second-order valence-electron chi connectivity index (χ2n) is 7.77. The number of piperazine rings is 1. The molecule has 4 rings (SSSR count). The van der Waals surface area contributed by atoms with Crippen LogP contribution in [0.15, 0.2) is 41.7 Å². The summed E-state index contributed by atoms with van der Waals surface area (Å²) >= 11 is 0. The van der Waals surface area contributed by atoms with Crippen molar-refractivity contribution in [1.82, 2.24) is 14.9 Å². The third kappa shape index (κ3) is 6.04. The van der Waals surface area contributed by atoms with E-state index >= 15 is 0 Å². The van der Waals surface area contributed by atoms with Crippen molar-refractivity contribution in [1.29, 1.82) is 0 Å². The number of nitrogens with one attached hydrogen (secondary N) is 1. The minimum atomic E-state index is 0. The molecule has 2 aliphatic rings. The van der Waals surface area contributed by atoms with Gasteiger partial charge in [-0.05, 0) is 55.4 Å². The molecule has 2 heterocycles. The molecule has 1 saturated heterocycles. The van der Waals surface area contributed by atoms with Crippen LogP contribution in [0.1, 0.15) is 30.4 Å². The average Bonchev–Trinajstić information content (AvgIpc) is 2.78. The zero-order valence-electron chi connectivity index (χ0n) is 17.5. The third-order valence-electron chi connectivity index (χ3n) is 5.78. The van der Waals surface area contributed by atoms with E-state index in [9.17, 15) is 0 Å². The number of anilines is 2. The van der Waals surface area contributed by atoms with Crippen molar-refractivity contribution < 1.29 is 0 Å². The summed E-state index contributed by atoms with van der Waals surface area (Å²) in [6.07, 6.45) is 9.46. The van der Waals surface area contributed by atoms with Gasteiger partial charge in [-0.3, -0.25) is 9.89 Å². The molecule has 1 fully saturated rings. The lowest BCUT2D eigenvalue weighted by atomic mass is 9.90. The Morgan fingerprint density at radius 1 is 1.03 bits per heavy atom. The summed E-state index contributed by atoms with van der Waals surface area (Å²) in [5.74, 6) is 1.36. The van der Waals surface area contributed by atoms with Crippen molar-refractivity contribution in [2.75, 3.05) is 49.5 Å². The van der Waals surface area contributed by atoms with Crippen molar-refractivity contribution >= 4 is 41.6 Å². The molecule has 3 N–H and O–H groups in total. The molecule has 2 aromatic rings. The molecule has 0 spiro atoms. The van der Waals surface area contributed by atoms with Gasteiger partial charge in [-0.25, -0.2) is 9.97 Å². The number of nitrogens with zero attached hydrogens (tertiary/aromatic N) is 5. The number of aryl methyl sites for hydroxylation is 1. The molecule has 0 radical (unpaired) electrons. The van der Waals surface area contributed by atoms with Crippen molar-refractivity contribution in [2.45, 2.75) is 32.1 Å². The Bertz CT molecular complexity index is 819. The van der Waals surface area contributed by atoms with Gasteiger partial charge in [-0.2, -0.15) is 0 Å². The first kappa shape index (κ1) is 22.7. The number of nitrogens with two attached hydrogens (primary N) is 1. The normalized spacial score (nSPS) is 17.2. The summed E-state index contributed by atoms with van der Waals surface area (Å²) in [6, 6.07) is 8.31. The molecule has 1 aliphatic carbocycles. The summed E-state index contributed by atoms with van der Waals surface area (Å²) in [4.78, 5) is 17.9. The summed E-state index contributed by atoms with van der Waals surface area (Å²) in [7, 11) is 0. The molecule has 7 nitrogen and oxygen atoms in total. The lowest BCUT2D eigenvalue weighted by Gasteiger charge is -2.34. The lowest BCUT2D eigenvalue weighted by molar-refractivity contribution is 0.255. The smallest absolute Gasteiger partial charge is 0.225 e. The van der Waals surface area contributed by atoms with Gasteiger partial charge in [0.25, 0.3) is 0 Å². The van der Waals surface area contributed by atoms with E-state index in [0.29, 0.717) is 5.96 Å². The number of aliphatic imine (C=N–C) groups is 1. The van der Waals surface area contributed by atoms with E-state index in [2.05, 4.69) is 48.3 Å². The molecule has 0 unspecified atom stereocenters.